The lowest BCUT2D eigenvalue weighted by Gasteiger charge is -2.34. The Kier molecular flexibility index (Phi) is 5.75. The van der Waals surface area contributed by atoms with Gasteiger partial charge >= 0.3 is 0 Å². The van der Waals surface area contributed by atoms with Gasteiger partial charge in [0.1, 0.15) is 0 Å². The van der Waals surface area contributed by atoms with Gasteiger partial charge in [0.15, 0.2) is 0 Å². The summed E-state index contributed by atoms with van der Waals surface area (Å²) in [7, 11) is -3.36. The van der Waals surface area contributed by atoms with Crippen molar-refractivity contribution in [2.75, 3.05) is 26.2 Å². The molecule has 1 amide bonds. The van der Waals surface area contributed by atoms with Crippen LogP contribution < -0.4 is 0 Å². The standard InChI is InChI=1S/C18H19IN2O3S/c19-17-9-5-4-8-16(17)18(22)20-10-12-21(13-11-20)25(23,24)14-15-6-2-1-3-7-15/h1-9H,10-14H2. The SMILES string of the molecule is O=C(c1ccccc1I)N1CCN(S(=O)(=O)Cc2ccccc2)CC1. The topological polar surface area (TPSA) is 57.7 Å². The highest BCUT2D eigenvalue weighted by molar-refractivity contribution is 14.1. The molecule has 0 aromatic heterocycles. The molecule has 132 valence electrons. The van der Waals surface area contributed by atoms with E-state index in [0.717, 1.165) is 9.13 Å². The van der Waals surface area contributed by atoms with Crippen molar-refractivity contribution in [3.63, 3.8) is 0 Å². The van der Waals surface area contributed by atoms with Crippen LogP contribution in [0.4, 0.5) is 0 Å². The van der Waals surface area contributed by atoms with Crippen molar-refractivity contribution in [3.8, 4) is 0 Å². The maximum Gasteiger partial charge on any atom is 0.255 e. The van der Waals surface area contributed by atoms with Crippen LogP contribution in [0, 0.1) is 3.57 Å². The van der Waals surface area contributed by atoms with Gasteiger partial charge in [-0.3, -0.25) is 4.79 Å². The van der Waals surface area contributed by atoms with Crippen molar-refractivity contribution < 1.29 is 13.2 Å². The Balaban J connectivity index is 1.63. The second-order valence-electron chi connectivity index (χ2n) is 5.91. The Morgan fingerprint density at radius 3 is 2.16 bits per heavy atom. The fraction of sp³-hybridized carbons (Fsp3) is 0.278. The van der Waals surface area contributed by atoms with Crippen molar-refractivity contribution in [1.29, 1.82) is 0 Å². The first-order valence-corrected chi connectivity index (χ1v) is 10.7. The molecule has 0 bridgehead atoms. The molecule has 1 fully saturated rings. The Bertz CT molecular complexity index is 848. The van der Waals surface area contributed by atoms with Crippen LogP contribution in [0.15, 0.2) is 54.6 Å². The minimum Gasteiger partial charge on any atom is -0.336 e. The molecule has 2 aromatic carbocycles. The number of amides is 1. The Hall–Kier alpha value is -1.45. The van der Waals surface area contributed by atoms with E-state index in [1.165, 1.54) is 4.31 Å². The van der Waals surface area contributed by atoms with E-state index < -0.39 is 10.0 Å². The lowest BCUT2D eigenvalue weighted by molar-refractivity contribution is 0.0696. The lowest BCUT2D eigenvalue weighted by Crippen LogP contribution is -2.50. The van der Waals surface area contributed by atoms with Crippen molar-refractivity contribution in [2.45, 2.75) is 5.75 Å². The molecule has 0 radical (unpaired) electrons. The summed E-state index contributed by atoms with van der Waals surface area (Å²) in [6.07, 6.45) is 0. The molecule has 5 nitrogen and oxygen atoms in total. The molecule has 25 heavy (non-hydrogen) atoms. The zero-order chi connectivity index (χ0) is 17.9. The van der Waals surface area contributed by atoms with E-state index in [9.17, 15) is 13.2 Å². The summed E-state index contributed by atoms with van der Waals surface area (Å²) < 4.78 is 27.5. The smallest absolute Gasteiger partial charge is 0.255 e. The van der Waals surface area contributed by atoms with E-state index in [-0.39, 0.29) is 11.7 Å². The van der Waals surface area contributed by atoms with Crippen molar-refractivity contribution in [2.24, 2.45) is 0 Å². The van der Waals surface area contributed by atoms with Crippen molar-refractivity contribution in [1.82, 2.24) is 9.21 Å². The number of hydrogen-bond acceptors (Lipinski definition) is 3. The molecule has 7 heteroatoms. The predicted octanol–water partition coefficient (Wildman–Crippen LogP) is 2.58. The third kappa shape index (κ3) is 4.39. The monoisotopic (exact) mass is 470 g/mol. The van der Waals surface area contributed by atoms with E-state index in [0.29, 0.717) is 31.7 Å². The van der Waals surface area contributed by atoms with Crippen molar-refractivity contribution >= 4 is 38.5 Å². The number of benzene rings is 2. The van der Waals surface area contributed by atoms with Crippen molar-refractivity contribution in [3.05, 3.63) is 69.3 Å². The third-order valence-corrected chi connectivity index (χ3v) is 7.01. The van der Waals surface area contributed by atoms with Gasteiger partial charge in [-0.05, 0) is 40.3 Å². The third-order valence-electron chi connectivity index (χ3n) is 4.22. The second-order valence-corrected chi connectivity index (χ2v) is 9.04. The van der Waals surface area contributed by atoms with Crippen LogP contribution in [0.3, 0.4) is 0 Å². The summed E-state index contributed by atoms with van der Waals surface area (Å²) >= 11 is 2.15. The highest BCUT2D eigenvalue weighted by atomic mass is 127. The second kappa shape index (κ2) is 7.84. The fourth-order valence-corrected chi connectivity index (χ4v) is 4.98. The zero-order valence-corrected chi connectivity index (χ0v) is 16.6. The summed E-state index contributed by atoms with van der Waals surface area (Å²) in [5, 5.41) is 0. The van der Waals surface area contributed by atoms with Gasteiger partial charge in [-0.15, -0.1) is 0 Å². The van der Waals surface area contributed by atoms with Crippen LogP contribution in [-0.4, -0.2) is 49.7 Å². The normalized spacial score (nSPS) is 16.0. The average molecular weight is 470 g/mol. The molecule has 0 spiro atoms. The molecule has 0 N–H and O–H groups in total. The number of carbonyl (C=O) groups excluding carboxylic acids is 1. The molecule has 1 saturated heterocycles. The average Bonchev–Trinajstić information content (AvgIpc) is 2.62. The summed E-state index contributed by atoms with van der Waals surface area (Å²) in [6, 6.07) is 16.6. The summed E-state index contributed by atoms with van der Waals surface area (Å²) in [5.74, 6) is -0.0386. The van der Waals surface area contributed by atoms with Crippen LogP contribution in [0.2, 0.25) is 0 Å². The van der Waals surface area contributed by atoms with Crippen LogP contribution in [-0.2, 0) is 15.8 Å². The molecule has 0 saturated carbocycles. The number of rotatable bonds is 4. The summed E-state index contributed by atoms with van der Waals surface area (Å²) in [6.45, 7) is 1.50. The fourth-order valence-electron chi connectivity index (χ4n) is 2.85. The largest absolute Gasteiger partial charge is 0.336 e. The molecule has 0 atom stereocenters. The van der Waals surface area contributed by atoms with Gasteiger partial charge in [0.05, 0.1) is 11.3 Å². The highest BCUT2D eigenvalue weighted by Gasteiger charge is 2.29. The van der Waals surface area contributed by atoms with Crippen LogP contribution in [0.1, 0.15) is 15.9 Å². The highest BCUT2D eigenvalue weighted by Crippen LogP contribution is 2.18. The van der Waals surface area contributed by atoms with Gasteiger partial charge in [0.2, 0.25) is 10.0 Å². The van der Waals surface area contributed by atoms with Gasteiger partial charge in [-0.25, -0.2) is 8.42 Å². The summed E-state index contributed by atoms with van der Waals surface area (Å²) in [4.78, 5) is 14.3. The first-order valence-electron chi connectivity index (χ1n) is 8.03. The van der Waals surface area contributed by atoms with Gasteiger partial charge in [0, 0.05) is 29.7 Å². The van der Waals surface area contributed by atoms with Gasteiger partial charge in [-0.1, -0.05) is 42.5 Å². The molecular weight excluding hydrogens is 451 g/mol. The predicted molar refractivity (Wildman–Crippen MR) is 106 cm³/mol. The number of nitrogens with zero attached hydrogens (tertiary/aromatic N) is 2. The maximum atomic E-state index is 12.6. The zero-order valence-electron chi connectivity index (χ0n) is 13.6. The molecule has 0 unspecified atom stereocenters. The molecule has 1 heterocycles. The first kappa shape index (κ1) is 18.3. The first-order chi connectivity index (χ1) is 12.0. The summed E-state index contributed by atoms with van der Waals surface area (Å²) in [5.41, 5.74) is 1.45. The Labute approximate surface area is 161 Å². The van der Waals surface area contributed by atoms with Gasteiger partial charge < -0.3 is 4.90 Å². The van der Waals surface area contributed by atoms with Gasteiger partial charge in [0.25, 0.3) is 5.91 Å². The number of carbonyl (C=O) groups is 1. The van der Waals surface area contributed by atoms with Crippen LogP contribution in [0.25, 0.3) is 0 Å². The molecule has 0 aliphatic carbocycles. The number of piperazine rings is 1. The Morgan fingerprint density at radius 2 is 1.52 bits per heavy atom. The molecule has 2 aromatic rings. The van der Waals surface area contributed by atoms with E-state index >= 15 is 0 Å². The molecular formula is C18H19IN2O3S. The molecule has 1 aliphatic rings. The maximum absolute atomic E-state index is 12.6. The molecule has 3 rings (SSSR count). The number of sulfonamides is 1. The lowest BCUT2D eigenvalue weighted by atomic mass is 10.2. The van der Waals surface area contributed by atoms with E-state index in [4.69, 9.17) is 0 Å². The minimum atomic E-state index is -3.36. The number of halogens is 1. The van der Waals surface area contributed by atoms with E-state index in [2.05, 4.69) is 22.6 Å². The van der Waals surface area contributed by atoms with E-state index in [1.807, 2.05) is 54.6 Å². The van der Waals surface area contributed by atoms with Crippen LogP contribution >= 0.6 is 22.6 Å². The molecule has 1 aliphatic heterocycles. The minimum absolute atomic E-state index is 0.00162. The van der Waals surface area contributed by atoms with E-state index in [1.54, 1.807) is 4.90 Å². The number of hydrogen-bond donors (Lipinski definition) is 0. The van der Waals surface area contributed by atoms with Gasteiger partial charge in [-0.2, -0.15) is 4.31 Å². The Morgan fingerprint density at radius 1 is 0.920 bits per heavy atom. The quantitative estimate of drug-likeness (QED) is 0.646. The van der Waals surface area contributed by atoms with Crippen LogP contribution in [0.5, 0.6) is 0 Å².